The fourth-order valence-electron chi connectivity index (χ4n) is 3.77. The zero-order valence-corrected chi connectivity index (χ0v) is 16.6. The van der Waals surface area contributed by atoms with E-state index in [9.17, 15) is 13.2 Å². The molecule has 2 aromatic carbocycles. The molecule has 4 rings (SSSR count). The highest BCUT2D eigenvalue weighted by Gasteiger charge is 2.35. The largest absolute Gasteiger partial charge is 0.421 e. The van der Waals surface area contributed by atoms with Gasteiger partial charge in [0.15, 0.2) is 0 Å². The molecule has 8 heteroatoms. The number of nitriles is 1. The number of hydrogen-bond acceptors (Lipinski definition) is 5. The third-order valence-electron chi connectivity index (χ3n) is 5.34. The Balaban J connectivity index is 1.58. The molecule has 0 aliphatic heterocycles. The van der Waals surface area contributed by atoms with Crippen LogP contribution in [0.2, 0.25) is 0 Å². The Hall–Kier alpha value is -3.60. The van der Waals surface area contributed by atoms with Gasteiger partial charge >= 0.3 is 6.18 Å². The van der Waals surface area contributed by atoms with Crippen molar-refractivity contribution in [2.24, 2.45) is 0 Å². The summed E-state index contributed by atoms with van der Waals surface area (Å²) >= 11 is 0. The van der Waals surface area contributed by atoms with Gasteiger partial charge in [-0.2, -0.15) is 23.4 Å². The van der Waals surface area contributed by atoms with Gasteiger partial charge in [-0.25, -0.2) is 4.98 Å². The van der Waals surface area contributed by atoms with Gasteiger partial charge in [-0.3, -0.25) is 0 Å². The standard InChI is InChI=1S/C23H20F3N5/c24-23(25,26)20-14-28-22(31-21(20)29-19-7-3-4-15(12-19)13-27)30-18-10-8-17(9-11-18)16-5-1-2-6-16/h3-4,7-12,14,16H,1-2,5-6H2,(H2,28,29,30,31). The maximum Gasteiger partial charge on any atom is 0.421 e. The molecule has 0 radical (unpaired) electrons. The van der Waals surface area contributed by atoms with Crippen LogP contribution >= 0.6 is 0 Å². The van der Waals surface area contributed by atoms with Gasteiger partial charge in [-0.1, -0.05) is 31.0 Å². The fourth-order valence-corrected chi connectivity index (χ4v) is 3.77. The monoisotopic (exact) mass is 423 g/mol. The molecule has 0 spiro atoms. The molecule has 1 saturated carbocycles. The molecule has 0 bridgehead atoms. The number of alkyl halides is 3. The Morgan fingerprint density at radius 3 is 2.39 bits per heavy atom. The van der Waals surface area contributed by atoms with Crippen LogP contribution in [0.25, 0.3) is 0 Å². The summed E-state index contributed by atoms with van der Waals surface area (Å²) in [4.78, 5) is 7.89. The molecule has 2 N–H and O–H groups in total. The van der Waals surface area contributed by atoms with Gasteiger partial charge in [0.25, 0.3) is 0 Å². The Morgan fingerprint density at radius 1 is 0.968 bits per heavy atom. The molecule has 0 unspecified atom stereocenters. The fraction of sp³-hybridized carbons (Fsp3) is 0.261. The van der Waals surface area contributed by atoms with Crippen molar-refractivity contribution >= 4 is 23.1 Å². The highest BCUT2D eigenvalue weighted by Crippen LogP contribution is 2.36. The van der Waals surface area contributed by atoms with Crippen LogP contribution in [-0.4, -0.2) is 9.97 Å². The summed E-state index contributed by atoms with van der Waals surface area (Å²) in [6.07, 6.45) is 0.997. The lowest BCUT2D eigenvalue weighted by Crippen LogP contribution is -2.12. The first-order chi connectivity index (χ1) is 14.9. The number of benzene rings is 2. The van der Waals surface area contributed by atoms with Crippen molar-refractivity contribution in [3.63, 3.8) is 0 Å². The van der Waals surface area contributed by atoms with E-state index in [1.807, 2.05) is 30.3 Å². The predicted octanol–water partition coefficient (Wildman–Crippen LogP) is 6.51. The molecule has 0 amide bonds. The third-order valence-corrected chi connectivity index (χ3v) is 5.34. The van der Waals surface area contributed by atoms with Crippen molar-refractivity contribution in [1.29, 1.82) is 5.26 Å². The number of rotatable bonds is 5. The maximum absolute atomic E-state index is 13.5. The lowest BCUT2D eigenvalue weighted by Gasteiger charge is -2.15. The summed E-state index contributed by atoms with van der Waals surface area (Å²) in [5.74, 6) is 0.236. The van der Waals surface area contributed by atoms with Crippen LogP contribution in [-0.2, 0) is 6.18 Å². The van der Waals surface area contributed by atoms with E-state index in [0.29, 0.717) is 22.9 Å². The Morgan fingerprint density at radius 2 is 1.71 bits per heavy atom. The zero-order valence-electron chi connectivity index (χ0n) is 16.6. The van der Waals surface area contributed by atoms with E-state index >= 15 is 0 Å². The summed E-state index contributed by atoms with van der Waals surface area (Å²) in [6, 6.07) is 16.0. The summed E-state index contributed by atoms with van der Waals surface area (Å²) < 4.78 is 40.4. The van der Waals surface area contributed by atoms with Crippen molar-refractivity contribution < 1.29 is 13.2 Å². The molecule has 31 heavy (non-hydrogen) atoms. The van der Waals surface area contributed by atoms with Crippen LogP contribution in [0.4, 0.5) is 36.3 Å². The minimum absolute atomic E-state index is 0.0422. The first-order valence-electron chi connectivity index (χ1n) is 10.0. The summed E-state index contributed by atoms with van der Waals surface area (Å²) in [6.45, 7) is 0. The molecule has 1 fully saturated rings. The Bertz CT molecular complexity index is 1100. The van der Waals surface area contributed by atoms with Gasteiger partial charge in [0.1, 0.15) is 11.4 Å². The lowest BCUT2D eigenvalue weighted by molar-refractivity contribution is -0.137. The van der Waals surface area contributed by atoms with Crippen LogP contribution in [0, 0.1) is 11.3 Å². The molecule has 158 valence electrons. The van der Waals surface area contributed by atoms with E-state index in [1.165, 1.54) is 37.3 Å². The van der Waals surface area contributed by atoms with Crippen molar-refractivity contribution in [1.82, 2.24) is 9.97 Å². The van der Waals surface area contributed by atoms with E-state index in [2.05, 4.69) is 20.6 Å². The summed E-state index contributed by atoms with van der Waals surface area (Å²) in [5.41, 5.74) is 1.63. The highest BCUT2D eigenvalue weighted by atomic mass is 19.4. The number of aromatic nitrogens is 2. The molecule has 1 heterocycles. The van der Waals surface area contributed by atoms with Crippen molar-refractivity contribution in [3.8, 4) is 6.07 Å². The molecule has 0 saturated heterocycles. The van der Waals surface area contributed by atoms with Crippen molar-refractivity contribution in [3.05, 3.63) is 71.4 Å². The van der Waals surface area contributed by atoms with Gasteiger partial charge in [-0.15, -0.1) is 0 Å². The topological polar surface area (TPSA) is 73.6 Å². The SMILES string of the molecule is N#Cc1cccc(Nc2nc(Nc3ccc(C4CCCC4)cc3)ncc2C(F)(F)F)c1. The van der Waals surface area contributed by atoms with Gasteiger partial charge in [0.2, 0.25) is 5.95 Å². The Labute approximate surface area is 178 Å². The number of nitrogens with one attached hydrogen (secondary N) is 2. The van der Waals surface area contributed by atoms with E-state index in [-0.39, 0.29) is 11.8 Å². The minimum atomic E-state index is -4.63. The quantitative estimate of drug-likeness (QED) is 0.489. The summed E-state index contributed by atoms with van der Waals surface area (Å²) in [7, 11) is 0. The highest BCUT2D eigenvalue weighted by molar-refractivity contribution is 5.64. The first-order valence-corrected chi connectivity index (χ1v) is 10.0. The predicted molar refractivity (Wildman–Crippen MR) is 112 cm³/mol. The van der Waals surface area contributed by atoms with Crippen LogP contribution in [0.15, 0.2) is 54.7 Å². The van der Waals surface area contributed by atoms with E-state index in [1.54, 1.807) is 18.2 Å². The molecular formula is C23H20F3N5. The van der Waals surface area contributed by atoms with Crippen LogP contribution < -0.4 is 10.6 Å². The van der Waals surface area contributed by atoms with Gasteiger partial charge < -0.3 is 10.6 Å². The summed E-state index contributed by atoms with van der Waals surface area (Å²) in [5, 5.41) is 14.6. The Kier molecular flexibility index (Phi) is 5.76. The number of anilines is 4. The number of halogens is 3. The smallest absolute Gasteiger partial charge is 0.340 e. The lowest BCUT2D eigenvalue weighted by atomic mass is 9.98. The van der Waals surface area contributed by atoms with Crippen LogP contribution in [0.3, 0.4) is 0 Å². The molecule has 1 aliphatic carbocycles. The second-order valence-corrected chi connectivity index (χ2v) is 7.50. The molecule has 1 aromatic heterocycles. The van der Waals surface area contributed by atoms with Crippen molar-refractivity contribution in [2.45, 2.75) is 37.8 Å². The normalized spacial score (nSPS) is 14.3. The van der Waals surface area contributed by atoms with Gasteiger partial charge in [-0.05, 0) is 54.7 Å². The molecule has 3 aromatic rings. The van der Waals surface area contributed by atoms with Crippen LogP contribution in [0.1, 0.15) is 48.3 Å². The average molecular weight is 423 g/mol. The second kappa shape index (κ2) is 8.64. The molecule has 5 nitrogen and oxygen atoms in total. The first kappa shape index (κ1) is 20.7. The van der Waals surface area contributed by atoms with Crippen molar-refractivity contribution in [2.75, 3.05) is 10.6 Å². The zero-order chi connectivity index (χ0) is 21.8. The van der Waals surface area contributed by atoms with Gasteiger partial charge in [0, 0.05) is 17.6 Å². The van der Waals surface area contributed by atoms with E-state index < -0.39 is 11.7 Å². The van der Waals surface area contributed by atoms with E-state index in [4.69, 9.17) is 5.26 Å². The van der Waals surface area contributed by atoms with Gasteiger partial charge in [0.05, 0.1) is 11.6 Å². The second-order valence-electron chi connectivity index (χ2n) is 7.50. The molecular weight excluding hydrogens is 403 g/mol. The van der Waals surface area contributed by atoms with E-state index in [0.717, 1.165) is 6.20 Å². The number of hydrogen-bond donors (Lipinski definition) is 2. The molecule has 0 atom stereocenters. The average Bonchev–Trinajstić information content (AvgIpc) is 3.29. The molecule has 1 aliphatic rings. The third kappa shape index (κ3) is 4.94. The maximum atomic E-state index is 13.5. The van der Waals surface area contributed by atoms with Crippen LogP contribution in [0.5, 0.6) is 0 Å². The minimum Gasteiger partial charge on any atom is -0.340 e. The number of nitrogens with zero attached hydrogens (tertiary/aromatic N) is 3.